The normalized spacial score (nSPS) is 24.5. The molecular weight excluding hydrogens is 242 g/mol. The Morgan fingerprint density at radius 1 is 1.50 bits per heavy atom. The number of pyridine rings is 1. The minimum absolute atomic E-state index is 0.528. The summed E-state index contributed by atoms with van der Waals surface area (Å²) in [7, 11) is 0. The van der Waals surface area contributed by atoms with E-state index in [0.717, 1.165) is 21.9 Å². The second-order valence-corrected chi connectivity index (χ2v) is 5.66. The van der Waals surface area contributed by atoms with Crippen molar-refractivity contribution in [2.75, 3.05) is 0 Å². The minimum atomic E-state index is 0.528. The predicted octanol–water partition coefficient (Wildman–Crippen LogP) is 4.24. The molecule has 0 aromatic carbocycles. The summed E-state index contributed by atoms with van der Waals surface area (Å²) in [6.07, 6.45) is 8.28. The van der Waals surface area contributed by atoms with Gasteiger partial charge in [-0.3, -0.25) is 4.57 Å². The maximum absolute atomic E-state index is 5.48. The lowest BCUT2D eigenvalue weighted by Crippen LogP contribution is -2.19. The largest absolute Gasteiger partial charge is 0.329 e. The van der Waals surface area contributed by atoms with Crippen LogP contribution in [0.5, 0.6) is 0 Å². The molecule has 0 aliphatic heterocycles. The number of fused-ring (bicyclic) bond motifs is 1. The van der Waals surface area contributed by atoms with Crippen LogP contribution >= 0.6 is 12.2 Å². The SMILES string of the molecule is CCC1CCCC(n2c(=S)[nH]c3cccnc32)C1. The number of hydrogen-bond acceptors (Lipinski definition) is 2. The maximum atomic E-state index is 5.48. The van der Waals surface area contributed by atoms with Crippen LogP contribution in [0.1, 0.15) is 45.1 Å². The van der Waals surface area contributed by atoms with E-state index in [2.05, 4.69) is 27.5 Å². The standard InChI is InChI=1S/C14H19N3S/c1-2-10-5-3-6-11(9-10)17-13-12(16-14(17)18)7-4-8-15-13/h4,7-8,10-11H,2-3,5-6,9H2,1H3,(H,16,18). The number of H-pyrrole nitrogens is 1. The van der Waals surface area contributed by atoms with Crippen molar-refractivity contribution in [2.24, 2.45) is 5.92 Å². The Kier molecular flexibility index (Phi) is 3.20. The summed E-state index contributed by atoms with van der Waals surface area (Å²) in [6.45, 7) is 2.29. The van der Waals surface area contributed by atoms with Crippen LogP contribution in [0, 0.1) is 10.7 Å². The minimum Gasteiger partial charge on any atom is -0.329 e. The predicted molar refractivity (Wildman–Crippen MR) is 76.2 cm³/mol. The highest BCUT2D eigenvalue weighted by atomic mass is 32.1. The maximum Gasteiger partial charge on any atom is 0.179 e. The Hall–Kier alpha value is -1.16. The molecule has 2 aromatic rings. The highest BCUT2D eigenvalue weighted by molar-refractivity contribution is 7.71. The van der Waals surface area contributed by atoms with Crippen LogP contribution in [0.4, 0.5) is 0 Å². The van der Waals surface area contributed by atoms with E-state index < -0.39 is 0 Å². The molecule has 0 radical (unpaired) electrons. The van der Waals surface area contributed by atoms with Crippen molar-refractivity contribution in [3.05, 3.63) is 23.1 Å². The fourth-order valence-electron chi connectivity index (χ4n) is 3.16. The number of nitrogens with zero attached hydrogens (tertiary/aromatic N) is 2. The first-order valence-corrected chi connectivity index (χ1v) is 7.25. The fraction of sp³-hybridized carbons (Fsp3) is 0.571. The Morgan fingerprint density at radius 3 is 3.22 bits per heavy atom. The number of hydrogen-bond donors (Lipinski definition) is 1. The van der Waals surface area contributed by atoms with E-state index in [4.69, 9.17) is 12.2 Å². The van der Waals surface area contributed by atoms with Gasteiger partial charge in [-0.05, 0) is 43.1 Å². The first-order chi connectivity index (χ1) is 8.79. The van der Waals surface area contributed by atoms with Crippen molar-refractivity contribution in [3.8, 4) is 0 Å². The topological polar surface area (TPSA) is 33.6 Å². The third-order valence-corrected chi connectivity index (χ3v) is 4.47. The molecule has 96 valence electrons. The van der Waals surface area contributed by atoms with Crippen molar-refractivity contribution < 1.29 is 0 Å². The van der Waals surface area contributed by atoms with Crippen molar-refractivity contribution in [3.63, 3.8) is 0 Å². The van der Waals surface area contributed by atoms with Gasteiger partial charge in [0.2, 0.25) is 0 Å². The van der Waals surface area contributed by atoms with Crippen molar-refractivity contribution in [1.29, 1.82) is 0 Å². The zero-order chi connectivity index (χ0) is 12.5. The molecular formula is C14H19N3S. The van der Waals surface area contributed by atoms with Crippen molar-refractivity contribution in [2.45, 2.75) is 45.1 Å². The molecule has 1 N–H and O–H groups in total. The average molecular weight is 261 g/mol. The molecule has 0 amide bonds. The Balaban J connectivity index is 2.03. The summed E-state index contributed by atoms with van der Waals surface area (Å²) in [6, 6.07) is 4.53. The number of aromatic amines is 1. The van der Waals surface area contributed by atoms with Gasteiger partial charge in [0.25, 0.3) is 0 Å². The summed E-state index contributed by atoms with van der Waals surface area (Å²) < 4.78 is 3.07. The molecule has 1 saturated carbocycles. The van der Waals surface area contributed by atoms with Gasteiger partial charge in [-0.1, -0.05) is 26.2 Å². The zero-order valence-corrected chi connectivity index (χ0v) is 11.5. The van der Waals surface area contributed by atoms with E-state index in [1.54, 1.807) is 0 Å². The van der Waals surface area contributed by atoms with Crippen LogP contribution in [0.3, 0.4) is 0 Å². The van der Waals surface area contributed by atoms with Gasteiger partial charge in [-0.15, -0.1) is 0 Å². The molecule has 0 bridgehead atoms. The van der Waals surface area contributed by atoms with E-state index in [1.807, 2.05) is 12.3 Å². The summed E-state index contributed by atoms with van der Waals surface area (Å²) in [5.74, 6) is 0.847. The van der Waals surface area contributed by atoms with Crippen molar-refractivity contribution >= 4 is 23.4 Å². The van der Waals surface area contributed by atoms with Gasteiger partial charge in [0.1, 0.15) is 0 Å². The number of imidazole rings is 1. The molecule has 2 aromatic heterocycles. The lowest BCUT2D eigenvalue weighted by Gasteiger charge is -2.29. The van der Waals surface area contributed by atoms with E-state index >= 15 is 0 Å². The van der Waals surface area contributed by atoms with E-state index in [-0.39, 0.29) is 0 Å². The second-order valence-electron chi connectivity index (χ2n) is 5.27. The van der Waals surface area contributed by atoms with Crippen LogP contribution in [0.15, 0.2) is 18.3 Å². The molecule has 3 rings (SSSR count). The highest BCUT2D eigenvalue weighted by Crippen LogP contribution is 2.35. The molecule has 2 atom stereocenters. The van der Waals surface area contributed by atoms with Crippen LogP contribution < -0.4 is 0 Å². The third kappa shape index (κ3) is 1.99. The molecule has 0 spiro atoms. The Labute approximate surface area is 112 Å². The first-order valence-electron chi connectivity index (χ1n) is 6.85. The lowest BCUT2D eigenvalue weighted by molar-refractivity contribution is 0.263. The van der Waals surface area contributed by atoms with Crippen LogP contribution in [-0.4, -0.2) is 14.5 Å². The smallest absolute Gasteiger partial charge is 0.179 e. The zero-order valence-electron chi connectivity index (χ0n) is 10.7. The van der Waals surface area contributed by atoms with Crippen molar-refractivity contribution in [1.82, 2.24) is 14.5 Å². The molecule has 18 heavy (non-hydrogen) atoms. The molecule has 1 aliphatic rings. The second kappa shape index (κ2) is 4.84. The van der Waals surface area contributed by atoms with E-state index in [1.165, 1.54) is 32.1 Å². The van der Waals surface area contributed by atoms with Crippen LogP contribution in [-0.2, 0) is 0 Å². The van der Waals surface area contributed by atoms with Gasteiger partial charge in [0, 0.05) is 12.2 Å². The van der Waals surface area contributed by atoms with E-state index in [0.29, 0.717) is 6.04 Å². The lowest BCUT2D eigenvalue weighted by atomic mass is 9.84. The first kappa shape index (κ1) is 11.9. The monoisotopic (exact) mass is 261 g/mol. The summed E-state index contributed by atoms with van der Waals surface area (Å²) in [5, 5.41) is 0. The quantitative estimate of drug-likeness (QED) is 0.820. The molecule has 0 saturated heterocycles. The molecule has 2 unspecified atom stereocenters. The molecule has 1 aliphatic carbocycles. The van der Waals surface area contributed by atoms with Gasteiger partial charge < -0.3 is 4.98 Å². The van der Waals surface area contributed by atoms with E-state index in [9.17, 15) is 0 Å². The highest BCUT2D eigenvalue weighted by Gasteiger charge is 2.24. The molecule has 1 fully saturated rings. The third-order valence-electron chi connectivity index (χ3n) is 4.17. The van der Waals surface area contributed by atoms with Crippen LogP contribution in [0.2, 0.25) is 0 Å². The number of nitrogens with one attached hydrogen (secondary N) is 1. The van der Waals surface area contributed by atoms with Gasteiger partial charge >= 0.3 is 0 Å². The van der Waals surface area contributed by atoms with Gasteiger partial charge in [0.05, 0.1) is 5.52 Å². The van der Waals surface area contributed by atoms with Gasteiger partial charge in [0.15, 0.2) is 10.4 Å². The molecule has 3 nitrogen and oxygen atoms in total. The average Bonchev–Trinajstić information content (AvgIpc) is 2.74. The fourth-order valence-corrected chi connectivity index (χ4v) is 3.51. The van der Waals surface area contributed by atoms with Crippen LogP contribution in [0.25, 0.3) is 11.2 Å². The summed E-state index contributed by atoms with van der Waals surface area (Å²) >= 11 is 5.48. The molecule has 2 heterocycles. The molecule has 4 heteroatoms. The summed E-state index contributed by atoms with van der Waals surface area (Å²) in [4.78, 5) is 7.77. The Morgan fingerprint density at radius 2 is 2.39 bits per heavy atom. The summed E-state index contributed by atoms with van der Waals surface area (Å²) in [5.41, 5.74) is 2.07. The number of rotatable bonds is 2. The van der Waals surface area contributed by atoms with Gasteiger partial charge in [-0.2, -0.15) is 0 Å². The number of aromatic nitrogens is 3. The Bertz CT molecular complexity index is 598. The van der Waals surface area contributed by atoms with Gasteiger partial charge in [-0.25, -0.2) is 4.98 Å².